The van der Waals surface area contributed by atoms with E-state index >= 15 is 0 Å². The Morgan fingerprint density at radius 3 is 2.57 bits per heavy atom. The van der Waals surface area contributed by atoms with E-state index in [0.717, 1.165) is 5.69 Å². The largest absolute Gasteiger partial charge is 0.464 e. The van der Waals surface area contributed by atoms with Gasteiger partial charge in [0.05, 0.1) is 17.7 Å². The molecule has 0 atom stereocenters. The zero-order valence-electron chi connectivity index (χ0n) is 12.4. The molecule has 118 valence electrons. The third-order valence-electron chi connectivity index (χ3n) is 3.22. The zero-order chi connectivity index (χ0) is 16.2. The van der Waals surface area contributed by atoms with Crippen LogP contribution in [0, 0.1) is 0 Å². The number of fused-ring (bicyclic) bond motifs is 1. The van der Waals surface area contributed by atoms with Crippen molar-refractivity contribution in [1.82, 2.24) is 0 Å². The summed E-state index contributed by atoms with van der Waals surface area (Å²) in [5, 5.41) is 1.12. The molecule has 0 aliphatic heterocycles. The minimum atomic E-state index is -0.197. The third kappa shape index (κ3) is 3.24. The number of rotatable bonds is 5. The molecule has 5 nitrogen and oxygen atoms in total. The molecule has 23 heavy (non-hydrogen) atoms. The molecule has 0 bridgehead atoms. The number of benzene rings is 2. The van der Waals surface area contributed by atoms with Crippen molar-refractivity contribution in [3.05, 3.63) is 63.8 Å². The molecule has 3 rings (SSSR count). The Hall–Kier alpha value is -2.66. The lowest BCUT2D eigenvalue weighted by atomic mass is 10.2. The van der Waals surface area contributed by atoms with Gasteiger partial charge in [-0.25, -0.2) is 0 Å². The highest BCUT2D eigenvalue weighted by Gasteiger charge is 2.15. The number of para-hydroxylation sites is 1. The van der Waals surface area contributed by atoms with E-state index in [9.17, 15) is 4.79 Å². The second-order valence-electron chi connectivity index (χ2n) is 4.78. The Kier molecular flexibility index (Phi) is 4.39. The molecular formula is C17H15ClN2O3. The van der Waals surface area contributed by atoms with Gasteiger partial charge in [0, 0.05) is 5.02 Å². The van der Waals surface area contributed by atoms with Crippen LogP contribution in [0.2, 0.25) is 5.02 Å². The molecule has 2 aromatic carbocycles. The Morgan fingerprint density at radius 1 is 1.09 bits per heavy atom. The van der Waals surface area contributed by atoms with E-state index in [1.165, 1.54) is 0 Å². The van der Waals surface area contributed by atoms with E-state index in [-0.39, 0.29) is 17.1 Å². The van der Waals surface area contributed by atoms with Gasteiger partial charge in [-0.15, -0.1) is 0 Å². The molecule has 1 aromatic heterocycles. The minimum Gasteiger partial charge on any atom is -0.464 e. The van der Waals surface area contributed by atoms with Gasteiger partial charge in [-0.3, -0.25) is 10.2 Å². The lowest BCUT2D eigenvalue weighted by Crippen LogP contribution is -2.18. The topological polar surface area (TPSA) is 63.5 Å². The second kappa shape index (κ2) is 6.62. The van der Waals surface area contributed by atoms with Gasteiger partial charge in [0.15, 0.2) is 5.69 Å². The van der Waals surface area contributed by atoms with Crippen LogP contribution in [0.15, 0.2) is 57.7 Å². The van der Waals surface area contributed by atoms with Crippen molar-refractivity contribution in [1.29, 1.82) is 0 Å². The molecule has 3 aromatic rings. The molecule has 0 amide bonds. The van der Waals surface area contributed by atoms with E-state index in [1.54, 1.807) is 48.5 Å². The van der Waals surface area contributed by atoms with E-state index in [1.807, 2.05) is 6.92 Å². The SMILES string of the molecule is CCOc1oc2ccccc2c(=O)c1NNc1ccc(Cl)cc1. The first-order chi connectivity index (χ1) is 11.2. The summed E-state index contributed by atoms with van der Waals surface area (Å²) < 4.78 is 11.1. The zero-order valence-corrected chi connectivity index (χ0v) is 13.2. The first-order valence-corrected chi connectivity index (χ1v) is 7.53. The van der Waals surface area contributed by atoms with Crippen LogP contribution < -0.4 is 21.0 Å². The molecule has 0 saturated heterocycles. The number of anilines is 2. The van der Waals surface area contributed by atoms with Crippen molar-refractivity contribution in [2.75, 3.05) is 17.5 Å². The highest BCUT2D eigenvalue weighted by molar-refractivity contribution is 6.30. The Balaban J connectivity index is 1.97. The fraction of sp³-hybridized carbons (Fsp3) is 0.118. The van der Waals surface area contributed by atoms with Gasteiger partial charge in [0.2, 0.25) is 5.43 Å². The summed E-state index contributed by atoms with van der Waals surface area (Å²) in [6, 6.07) is 14.1. The average molecular weight is 331 g/mol. The van der Waals surface area contributed by atoms with Crippen molar-refractivity contribution < 1.29 is 9.15 Å². The summed E-state index contributed by atoms with van der Waals surface area (Å²) >= 11 is 5.85. The van der Waals surface area contributed by atoms with Crippen LogP contribution in [0.3, 0.4) is 0 Å². The first kappa shape index (κ1) is 15.2. The van der Waals surface area contributed by atoms with Crippen LogP contribution >= 0.6 is 11.6 Å². The maximum absolute atomic E-state index is 12.6. The smallest absolute Gasteiger partial charge is 0.315 e. The van der Waals surface area contributed by atoms with E-state index < -0.39 is 0 Å². The molecule has 0 radical (unpaired) electrons. The minimum absolute atomic E-state index is 0.151. The molecule has 2 N–H and O–H groups in total. The third-order valence-corrected chi connectivity index (χ3v) is 3.47. The Morgan fingerprint density at radius 2 is 1.83 bits per heavy atom. The number of nitrogens with one attached hydrogen (secondary N) is 2. The van der Waals surface area contributed by atoms with Gasteiger partial charge in [0.1, 0.15) is 5.58 Å². The summed E-state index contributed by atoms with van der Waals surface area (Å²) in [6.45, 7) is 2.21. The fourth-order valence-corrected chi connectivity index (χ4v) is 2.26. The lowest BCUT2D eigenvalue weighted by molar-refractivity contribution is 0.263. The molecule has 0 aliphatic carbocycles. The number of ether oxygens (including phenoxy) is 1. The van der Waals surface area contributed by atoms with Gasteiger partial charge in [-0.1, -0.05) is 23.7 Å². The number of halogens is 1. The summed E-state index contributed by atoms with van der Waals surface area (Å²) in [4.78, 5) is 12.6. The number of hydrogen-bond acceptors (Lipinski definition) is 5. The highest BCUT2D eigenvalue weighted by Crippen LogP contribution is 2.26. The quantitative estimate of drug-likeness (QED) is 0.683. The van der Waals surface area contributed by atoms with E-state index in [2.05, 4.69) is 10.9 Å². The van der Waals surface area contributed by atoms with Crippen LogP contribution in [0.4, 0.5) is 11.4 Å². The second-order valence-corrected chi connectivity index (χ2v) is 5.22. The molecule has 0 spiro atoms. The summed E-state index contributed by atoms with van der Waals surface area (Å²) in [5.74, 6) is 0.151. The molecule has 6 heteroatoms. The monoisotopic (exact) mass is 330 g/mol. The van der Waals surface area contributed by atoms with Crippen molar-refractivity contribution in [3.8, 4) is 5.95 Å². The molecule has 0 unspecified atom stereocenters. The maximum atomic E-state index is 12.6. The normalized spacial score (nSPS) is 10.5. The first-order valence-electron chi connectivity index (χ1n) is 7.15. The van der Waals surface area contributed by atoms with Crippen molar-refractivity contribution in [2.45, 2.75) is 6.92 Å². The summed E-state index contributed by atoms with van der Waals surface area (Å²) in [6.07, 6.45) is 0. The molecule has 0 saturated carbocycles. The molecule has 1 heterocycles. The van der Waals surface area contributed by atoms with Gasteiger partial charge in [0.25, 0.3) is 0 Å². The van der Waals surface area contributed by atoms with E-state index in [4.69, 9.17) is 20.8 Å². The van der Waals surface area contributed by atoms with Crippen LogP contribution in [0.25, 0.3) is 11.0 Å². The Bertz CT molecular complexity index is 875. The standard InChI is InChI=1S/C17H15ClN2O3/c1-2-22-17-15(20-19-12-9-7-11(18)8-10-12)16(21)13-5-3-4-6-14(13)23-17/h3-10,19-20H,2H2,1H3. The van der Waals surface area contributed by atoms with Crippen molar-refractivity contribution >= 4 is 33.9 Å². The highest BCUT2D eigenvalue weighted by atomic mass is 35.5. The van der Waals surface area contributed by atoms with Gasteiger partial charge in [-0.2, -0.15) is 0 Å². The molecule has 0 fully saturated rings. The molecule has 0 aliphatic rings. The van der Waals surface area contributed by atoms with Crippen molar-refractivity contribution in [3.63, 3.8) is 0 Å². The summed E-state index contributed by atoms with van der Waals surface area (Å²) in [5.41, 5.74) is 7.08. The number of hydrazine groups is 1. The summed E-state index contributed by atoms with van der Waals surface area (Å²) in [7, 11) is 0. The van der Waals surface area contributed by atoms with Crippen molar-refractivity contribution in [2.24, 2.45) is 0 Å². The maximum Gasteiger partial charge on any atom is 0.315 e. The van der Waals surface area contributed by atoms with Crippen LogP contribution in [0.5, 0.6) is 5.95 Å². The fourth-order valence-electron chi connectivity index (χ4n) is 2.13. The van der Waals surface area contributed by atoms with E-state index in [0.29, 0.717) is 22.6 Å². The van der Waals surface area contributed by atoms with Gasteiger partial charge in [-0.05, 0) is 43.3 Å². The van der Waals surface area contributed by atoms with Crippen LogP contribution in [-0.4, -0.2) is 6.61 Å². The predicted molar refractivity (Wildman–Crippen MR) is 92.4 cm³/mol. The number of hydrogen-bond donors (Lipinski definition) is 2. The molecular weight excluding hydrogens is 316 g/mol. The van der Waals surface area contributed by atoms with Gasteiger partial charge < -0.3 is 14.6 Å². The Labute approximate surface area is 137 Å². The predicted octanol–water partition coefficient (Wildman–Crippen LogP) is 4.28. The lowest BCUT2D eigenvalue weighted by Gasteiger charge is -2.13. The average Bonchev–Trinajstić information content (AvgIpc) is 2.56. The van der Waals surface area contributed by atoms with Gasteiger partial charge >= 0.3 is 5.95 Å². The van der Waals surface area contributed by atoms with Crippen LogP contribution in [-0.2, 0) is 0 Å². The van der Waals surface area contributed by atoms with Crippen LogP contribution in [0.1, 0.15) is 6.92 Å².